The fraction of sp³-hybridized carbons (Fsp3) is 0.368. The van der Waals surface area contributed by atoms with Gasteiger partial charge in [-0.15, -0.1) is 0 Å². The fourth-order valence-corrected chi connectivity index (χ4v) is 2.35. The smallest absolute Gasteiger partial charge is 0.270 e. The summed E-state index contributed by atoms with van der Waals surface area (Å²) >= 11 is 0. The second kappa shape index (κ2) is 9.05. The van der Waals surface area contributed by atoms with Crippen molar-refractivity contribution in [2.45, 2.75) is 20.3 Å². The van der Waals surface area contributed by atoms with E-state index < -0.39 is 0 Å². The molecule has 1 aromatic heterocycles. The Kier molecular flexibility index (Phi) is 6.80. The number of amides is 1. The number of Topliss-reactive ketones (excluding diaryl/α,β-unsaturated/α-hetero) is 1. The number of benzene rings is 1. The first-order valence-corrected chi connectivity index (χ1v) is 8.52. The van der Waals surface area contributed by atoms with Crippen LogP contribution in [0, 0.1) is 6.92 Å². The van der Waals surface area contributed by atoms with Crippen LogP contribution in [-0.4, -0.2) is 53.7 Å². The van der Waals surface area contributed by atoms with Gasteiger partial charge in [0.1, 0.15) is 5.69 Å². The average Bonchev–Trinajstić information content (AvgIpc) is 2.58. The van der Waals surface area contributed by atoms with Gasteiger partial charge in [0, 0.05) is 23.5 Å². The summed E-state index contributed by atoms with van der Waals surface area (Å²) < 4.78 is 0. The minimum absolute atomic E-state index is 0.0107. The molecule has 0 atom stereocenters. The van der Waals surface area contributed by atoms with Crippen molar-refractivity contribution in [1.82, 2.24) is 20.2 Å². The van der Waals surface area contributed by atoms with Gasteiger partial charge in [0.2, 0.25) is 5.95 Å². The van der Waals surface area contributed by atoms with Crippen LogP contribution in [0.15, 0.2) is 30.3 Å². The molecule has 0 spiro atoms. The Morgan fingerprint density at radius 1 is 1.12 bits per heavy atom. The van der Waals surface area contributed by atoms with Crippen LogP contribution >= 0.6 is 0 Å². The topological polar surface area (TPSA) is 87.2 Å². The summed E-state index contributed by atoms with van der Waals surface area (Å²) in [6.45, 7) is 4.84. The molecule has 2 rings (SSSR count). The molecular formula is C19H25N5O2. The lowest BCUT2D eigenvalue weighted by molar-refractivity contribution is 0.0946. The van der Waals surface area contributed by atoms with Crippen LogP contribution in [0.4, 0.5) is 11.6 Å². The maximum atomic E-state index is 12.3. The van der Waals surface area contributed by atoms with Crippen LogP contribution in [0.5, 0.6) is 0 Å². The number of nitrogens with one attached hydrogen (secondary N) is 2. The second-order valence-corrected chi connectivity index (χ2v) is 6.39. The summed E-state index contributed by atoms with van der Waals surface area (Å²) in [7, 11) is 3.99. The molecule has 7 nitrogen and oxygen atoms in total. The molecule has 0 aliphatic heterocycles. The van der Waals surface area contributed by atoms with E-state index in [1.165, 1.54) is 6.92 Å². The van der Waals surface area contributed by atoms with Crippen LogP contribution < -0.4 is 10.6 Å². The Labute approximate surface area is 153 Å². The van der Waals surface area contributed by atoms with E-state index in [4.69, 9.17) is 0 Å². The van der Waals surface area contributed by atoms with Crippen molar-refractivity contribution in [3.8, 4) is 0 Å². The Morgan fingerprint density at radius 2 is 1.81 bits per heavy atom. The number of anilines is 2. The summed E-state index contributed by atoms with van der Waals surface area (Å²) in [6, 6.07) is 8.69. The van der Waals surface area contributed by atoms with E-state index in [-0.39, 0.29) is 11.7 Å². The minimum atomic E-state index is -0.218. The van der Waals surface area contributed by atoms with Crippen LogP contribution in [0.1, 0.15) is 39.9 Å². The maximum Gasteiger partial charge on any atom is 0.270 e. The Balaban J connectivity index is 2.04. The van der Waals surface area contributed by atoms with Crippen LogP contribution in [0.2, 0.25) is 0 Å². The van der Waals surface area contributed by atoms with Gasteiger partial charge in [0.15, 0.2) is 5.78 Å². The minimum Gasteiger partial charge on any atom is -0.351 e. The SMILES string of the molecule is CC(=O)c1ccc(Nc2nc(C)cc(C(=O)NCCCN(C)C)n2)cc1. The van der Waals surface area contributed by atoms with Gasteiger partial charge in [-0.25, -0.2) is 9.97 Å². The fourth-order valence-electron chi connectivity index (χ4n) is 2.35. The number of hydrogen-bond acceptors (Lipinski definition) is 6. The normalized spacial score (nSPS) is 10.7. The van der Waals surface area contributed by atoms with Crippen molar-refractivity contribution in [3.05, 3.63) is 47.3 Å². The second-order valence-electron chi connectivity index (χ2n) is 6.39. The van der Waals surface area contributed by atoms with E-state index in [1.807, 2.05) is 21.0 Å². The first-order chi connectivity index (χ1) is 12.3. The van der Waals surface area contributed by atoms with Crippen molar-refractivity contribution >= 4 is 23.3 Å². The molecule has 2 aromatic rings. The molecule has 2 N–H and O–H groups in total. The zero-order chi connectivity index (χ0) is 19.1. The zero-order valence-electron chi connectivity index (χ0n) is 15.7. The van der Waals surface area contributed by atoms with Crippen molar-refractivity contribution < 1.29 is 9.59 Å². The van der Waals surface area contributed by atoms with Gasteiger partial charge in [-0.1, -0.05) is 0 Å². The number of hydrogen-bond donors (Lipinski definition) is 2. The van der Waals surface area contributed by atoms with Crippen molar-refractivity contribution in [3.63, 3.8) is 0 Å². The van der Waals surface area contributed by atoms with E-state index >= 15 is 0 Å². The first-order valence-electron chi connectivity index (χ1n) is 8.52. The van der Waals surface area contributed by atoms with Gasteiger partial charge in [-0.2, -0.15) is 0 Å². The summed E-state index contributed by atoms with van der Waals surface area (Å²) in [5.74, 6) is 0.139. The molecule has 0 aliphatic carbocycles. The molecular weight excluding hydrogens is 330 g/mol. The third-order valence-electron chi connectivity index (χ3n) is 3.70. The Morgan fingerprint density at radius 3 is 2.42 bits per heavy atom. The standard InChI is InChI=1S/C19H25N5O2/c1-13-12-17(18(26)20-10-5-11-24(3)4)23-19(21-13)22-16-8-6-15(7-9-16)14(2)25/h6-9,12H,5,10-11H2,1-4H3,(H,20,26)(H,21,22,23). The molecule has 0 aliphatic rings. The van der Waals surface area contributed by atoms with Crippen molar-refractivity contribution in [1.29, 1.82) is 0 Å². The molecule has 1 amide bonds. The molecule has 26 heavy (non-hydrogen) atoms. The molecule has 0 unspecified atom stereocenters. The third-order valence-corrected chi connectivity index (χ3v) is 3.70. The summed E-state index contributed by atoms with van der Waals surface area (Å²) in [6.07, 6.45) is 0.871. The van der Waals surface area contributed by atoms with Gasteiger partial charge >= 0.3 is 0 Å². The van der Waals surface area contributed by atoms with Gasteiger partial charge < -0.3 is 15.5 Å². The number of nitrogens with zero attached hydrogens (tertiary/aromatic N) is 3. The number of aromatic nitrogens is 2. The predicted molar refractivity (Wildman–Crippen MR) is 102 cm³/mol. The van der Waals surface area contributed by atoms with Crippen LogP contribution in [-0.2, 0) is 0 Å². The molecule has 0 radical (unpaired) electrons. The Hall–Kier alpha value is -2.80. The number of carbonyl (C=O) groups excluding carboxylic acids is 2. The molecule has 0 saturated carbocycles. The number of rotatable bonds is 8. The van der Waals surface area contributed by atoms with E-state index in [1.54, 1.807) is 30.3 Å². The molecule has 0 saturated heterocycles. The highest BCUT2D eigenvalue weighted by Crippen LogP contribution is 2.15. The van der Waals surface area contributed by atoms with Crippen LogP contribution in [0.25, 0.3) is 0 Å². The highest BCUT2D eigenvalue weighted by molar-refractivity contribution is 5.94. The molecule has 0 bridgehead atoms. The number of aryl methyl sites for hydroxylation is 1. The van der Waals surface area contributed by atoms with E-state index in [2.05, 4.69) is 25.5 Å². The Bertz CT molecular complexity index is 772. The van der Waals surface area contributed by atoms with E-state index in [9.17, 15) is 9.59 Å². The van der Waals surface area contributed by atoms with Crippen molar-refractivity contribution in [2.24, 2.45) is 0 Å². The monoisotopic (exact) mass is 355 g/mol. The molecule has 0 fully saturated rings. The van der Waals surface area contributed by atoms with Crippen molar-refractivity contribution in [2.75, 3.05) is 32.5 Å². The molecule has 7 heteroatoms. The summed E-state index contributed by atoms with van der Waals surface area (Å²) in [4.78, 5) is 34.3. The van der Waals surface area contributed by atoms with Gasteiger partial charge in [-0.05, 0) is 71.2 Å². The molecule has 1 heterocycles. The van der Waals surface area contributed by atoms with E-state index in [0.717, 1.165) is 18.7 Å². The lowest BCUT2D eigenvalue weighted by Gasteiger charge is -2.11. The van der Waals surface area contributed by atoms with Crippen LogP contribution in [0.3, 0.4) is 0 Å². The quantitative estimate of drug-likeness (QED) is 0.558. The first kappa shape index (κ1) is 19.5. The number of carbonyl (C=O) groups is 2. The summed E-state index contributed by atoms with van der Waals surface area (Å²) in [5, 5.41) is 5.94. The largest absolute Gasteiger partial charge is 0.351 e. The molecule has 138 valence electrons. The van der Waals surface area contributed by atoms with Gasteiger partial charge in [-0.3, -0.25) is 9.59 Å². The van der Waals surface area contributed by atoms with E-state index in [0.29, 0.717) is 29.4 Å². The molecule has 1 aromatic carbocycles. The maximum absolute atomic E-state index is 12.3. The van der Waals surface area contributed by atoms with Gasteiger partial charge in [0.05, 0.1) is 0 Å². The van der Waals surface area contributed by atoms with Gasteiger partial charge in [0.25, 0.3) is 5.91 Å². The number of ketones is 1. The lowest BCUT2D eigenvalue weighted by Crippen LogP contribution is -2.28. The lowest BCUT2D eigenvalue weighted by atomic mass is 10.1. The highest BCUT2D eigenvalue weighted by Gasteiger charge is 2.10. The zero-order valence-corrected chi connectivity index (χ0v) is 15.7. The third kappa shape index (κ3) is 5.93. The summed E-state index contributed by atoms with van der Waals surface area (Å²) in [5.41, 5.74) is 2.41. The predicted octanol–water partition coefficient (Wildman–Crippen LogP) is 2.41. The average molecular weight is 355 g/mol. The highest BCUT2D eigenvalue weighted by atomic mass is 16.1.